The normalized spacial score (nSPS) is 11.9. The van der Waals surface area contributed by atoms with Crippen LogP contribution in [0.15, 0.2) is 45.1 Å². The van der Waals surface area contributed by atoms with Crippen LogP contribution in [0.2, 0.25) is 0 Å². The third-order valence-electron chi connectivity index (χ3n) is 4.16. The second-order valence-electron chi connectivity index (χ2n) is 5.91. The van der Waals surface area contributed by atoms with Gasteiger partial charge in [0.1, 0.15) is 0 Å². The Morgan fingerprint density at radius 3 is 2.67 bits per heavy atom. The summed E-state index contributed by atoms with van der Waals surface area (Å²) in [6.45, 7) is 6.64. The maximum absolute atomic E-state index is 12.8. The first kappa shape index (κ1) is 19.5. The van der Waals surface area contributed by atoms with E-state index in [4.69, 9.17) is 4.52 Å². The van der Waals surface area contributed by atoms with Gasteiger partial charge in [-0.25, -0.2) is 8.42 Å². The monoisotopic (exact) mass is 406 g/mol. The van der Waals surface area contributed by atoms with Crippen molar-refractivity contribution in [1.82, 2.24) is 14.4 Å². The molecule has 0 spiro atoms. The second-order valence-corrected chi connectivity index (χ2v) is 8.77. The van der Waals surface area contributed by atoms with Crippen LogP contribution < -0.4 is 5.32 Å². The van der Waals surface area contributed by atoms with Crippen molar-refractivity contribution >= 4 is 27.0 Å². The molecule has 27 heavy (non-hydrogen) atoms. The van der Waals surface area contributed by atoms with Crippen molar-refractivity contribution in [1.29, 1.82) is 0 Å². The molecule has 0 unspecified atom stereocenters. The lowest BCUT2D eigenvalue weighted by Gasteiger charge is -2.20. The number of nitrogens with one attached hydrogen (secondary N) is 1. The number of nitrogens with zero attached hydrogens (tertiary/aromatic N) is 3. The molecule has 144 valence electrons. The SMILES string of the molecule is CCN(CC)S(=O)(=O)c1cc(NCc2nc(-c3cccs3)no2)ccc1C. The predicted molar refractivity (Wildman–Crippen MR) is 106 cm³/mol. The summed E-state index contributed by atoms with van der Waals surface area (Å²) in [6, 6.07) is 9.14. The molecule has 3 rings (SSSR count). The lowest BCUT2D eigenvalue weighted by atomic mass is 10.2. The van der Waals surface area contributed by atoms with E-state index in [0.29, 0.717) is 47.5 Å². The van der Waals surface area contributed by atoms with Crippen molar-refractivity contribution in [2.45, 2.75) is 32.2 Å². The fraction of sp³-hybridized carbons (Fsp3) is 0.333. The molecular weight excluding hydrogens is 384 g/mol. The summed E-state index contributed by atoms with van der Waals surface area (Å²) in [5, 5.41) is 9.08. The minimum Gasteiger partial charge on any atom is -0.376 e. The first-order valence-corrected chi connectivity index (χ1v) is 11.0. The van der Waals surface area contributed by atoms with E-state index in [1.807, 2.05) is 37.4 Å². The molecule has 0 bridgehead atoms. The maximum Gasteiger partial charge on any atom is 0.246 e. The number of aryl methyl sites for hydroxylation is 1. The van der Waals surface area contributed by atoms with E-state index in [1.165, 1.54) is 4.31 Å². The molecule has 1 aromatic carbocycles. The van der Waals surface area contributed by atoms with E-state index in [1.54, 1.807) is 30.4 Å². The number of hydrogen-bond donors (Lipinski definition) is 1. The van der Waals surface area contributed by atoms with Crippen LogP contribution in [0.25, 0.3) is 10.7 Å². The molecule has 3 aromatic rings. The number of benzene rings is 1. The van der Waals surface area contributed by atoms with Crippen molar-refractivity contribution in [3.05, 3.63) is 47.2 Å². The Hall–Kier alpha value is -2.23. The highest BCUT2D eigenvalue weighted by Gasteiger charge is 2.23. The van der Waals surface area contributed by atoms with Gasteiger partial charge in [-0.1, -0.05) is 31.1 Å². The quantitative estimate of drug-likeness (QED) is 0.613. The van der Waals surface area contributed by atoms with Gasteiger partial charge in [-0.2, -0.15) is 9.29 Å². The van der Waals surface area contributed by atoms with Crippen LogP contribution in [-0.2, 0) is 16.6 Å². The molecule has 0 fully saturated rings. The van der Waals surface area contributed by atoms with E-state index in [-0.39, 0.29) is 0 Å². The van der Waals surface area contributed by atoms with E-state index in [9.17, 15) is 8.42 Å². The highest BCUT2D eigenvalue weighted by molar-refractivity contribution is 7.89. The fourth-order valence-corrected chi connectivity index (χ4v) is 5.06. The van der Waals surface area contributed by atoms with Crippen molar-refractivity contribution in [3.63, 3.8) is 0 Å². The summed E-state index contributed by atoms with van der Waals surface area (Å²) in [5.41, 5.74) is 1.40. The van der Waals surface area contributed by atoms with Crippen LogP contribution in [0.4, 0.5) is 5.69 Å². The Morgan fingerprint density at radius 2 is 2.00 bits per heavy atom. The van der Waals surface area contributed by atoms with Gasteiger partial charge in [0.2, 0.25) is 21.7 Å². The summed E-state index contributed by atoms with van der Waals surface area (Å²) in [7, 11) is -3.52. The van der Waals surface area contributed by atoms with Crippen molar-refractivity contribution in [2.75, 3.05) is 18.4 Å². The van der Waals surface area contributed by atoms with Gasteiger partial charge in [0.05, 0.1) is 16.3 Å². The van der Waals surface area contributed by atoms with Gasteiger partial charge in [0.15, 0.2) is 0 Å². The Bertz CT molecular complexity index is 994. The molecule has 0 aliphatic heterocycles. The highest BCUT2D eigenvalue weighted by atomic mass is 32.2. The number of thiophene rings is 1. The first-order valence-electron chi connectivity index (χ1n) is 8.66. The van der Waals surface area contributed by atoms with Gasteiger partial charge in [-0.15, -0.1) is 11.3 Å². The molecule has 0 saturated heterocycles. The van der Waals surface area contributed by atoms with Crippen LogP contribution in [0.5, 0.6) is 0 Å². The van der Waals surface area contributed by atoms with Crippen LogP contribution in [0.1, 0.15) is 25.3 Å². The highest BCUT2D eigenvalue weighted by Crippen LogP contribution is 2.25. The largest absolute Gasteiger partial charge is 0.376 e. The van der Waals surface area contributed by atoms with Crippen LogP contribution >= 0.6 is 11.3 Å². The molecule has 0 amide bonds. The molecule has 0 atom stereocenters. The Balaban J connectivity index is 1.77. The van der Waals surface area contributed by atoms with Crippen LogP contribution in [0.3, 0.4) is 0 Å². The molecule has 2 aromatic heterocycles. The van der Waals surface area contributed by atoms with Gasteiger partial charge >= 0.3 is 0 Å². The number of rotatable bonds is 8. The van der Waals surface area contributed by atoms with E-state index >= 15 is 0 Å². The average molecular weight is 407 g/mol. The third-order valence-corrected chi connectivity index (χ3v) is 7.22. The molecule has 7 nitrogen and oxygen atoms in total. The summed E-state index contributed by atoms with van der Waals surface area (Å²) < 4.78 is 32.4. The number of anilines is 1. The standard InChI is InChI=1S/C18H22N4O3S2/c1-4-22(5-2)27(23,24)16-11-14(9-8-13(16)3)19-12-17-20-18(21-25-17)15-7-6-10-26-15/h6-11,19H,4-5,12H2,1-3H3. The summed E-state index contributed by atoms with van der Waals surface area (Å²) in [5.74, 6) is 0.989. The van der Waals surface area contributed by atoms with Crippen LogP contribution in [-0.4, -0.2) is 36.0 Å². The van der Waals surface area contributed by atoms with Gasteiger partial charge in [-0.05, 0) is 36.1 Å². The summed E-state index contributed by atoms with van der Waals surface area (Å²) in [6.07, 6.45) is 0. The lowest BCUT2D eigenvalue weighted by Crippen LogP contribution is -2.31. The summed E-state index contributed by atoms with van der Waals surface area (Å²) in [4.78, 5) is 5.60. The zero-order valence-corrected chi connectivity index (χ0v) is 17.1. The van der Waals surface area contributed by atoms with E-state index in [2.05, 4.69) is 15.5 Å². The predicted octanol–water partition coefficient (Wildman–Crippen LogP) is 3.75. The molecule has 1 N–H and O–H groups in total. The van der Waals surface area contributed by atoms with Gasteiger partial charge in [-0.3, -0.25) is 0 Å². The molecular formula is C18H22N4O3S2. The molecule has 0 aliphatic carbocycles. The average Bonchev–Trinajstić information content (AvgIpc) is 3.33. The minimum atomic E-state index is -3.52. The Kier molecular flexibility index (Phi) is 5.93. The first-order chi connectivity index (χ1) is 13.0. The fourth-order valence-electron chi connectivity index (χ4n) is 2.70. The van der Waals surface area contributed by atoms with Gasteiger partial charge in [0.25, 0.3) is 0 Å². The van der Waals surface area contributed by atoms with Gasteiger partial charge in [0, 0.05) is 18.8 Å². The molecule has 0 saturated carbocycles. The molecule has 0 radical (unpaired) electrons. The van der Waals surface area contributed by atoms with Crippen LogP contribution in [0, 0.1) is 6.92 Å². The van der Waals surface area contributed by atoms with Crippen molar-refractivity contribution < 1.29 is 12.9 Å². The zero-order valence-electron chi connectivity index (χ0n) is 15.5. The topological polar surface area (TPSA) is 88.3 Å². The molecule has 2 heterocycles. The Labute approximate surface area is 163 Å². The molecule has 0 aliphatic rings. The molecule has 9 heteroatoms. The van der Waals surface area contributed by atoms with E-state index < -0.39 is 10.0 Å². The maximum atomic E-state index is 12.8. The smallest absolute Gasteiger partial charge is 0.246 e. The van der Waals surface area contributed by atoms with Gasteiger partial charge < -0.3 is 9.84 Å². The second kappa shape index (κ2) is 8.20. The van der Waals surface area contributed by atoms with E-state index in [0.717, 1.165) is 4.88 Å². The number of sulfonamides is 1. The Morgan fingerprint density at radius 1 is 1.22 bits per heavy atom. The lowest BCUT2D eigenvalue weighted by molar-refractivity contribution is 0.384. The van der Waals surface area contributed by atoms with Crippen molar-refractivity contribution in [3.8, 4) is 10.7 Å². The summed E-state index contributed by atoms with van der Waals surface area (Å²) >= 11 is 1.54. The number of aromatic nitrogens is 2. The number of hydrogen-bond acceptors (Lipinski definition) is 7. The minimum absolute atomic E-state index is 0.306. The van der Waals surface area contributed by atoms with Crippen molar-refractivity contribution in [2.24, 2.45) is 0 Å². The third kappa shape index (κ3) is 4.20. The zero-order chi connectivity index (χ0) is 19.4.